The second-order valence-electron chi connectivity index (χ2n) is 8.26. The van der Waals surface area contributed by atoms with Crippen LogP contribution >= 0.6 is 15.9 Å². The summed E-state index contributed by atoms with van der Waals surface area (Å²) in [5.74, 6) is -3.16. The lowest BCUT2D eigenvalue weighted by Crippen LogP contribution is -2.67. The Balaban J connectivity index is 3.24. The maximum atomic E-state index is 15.0. The first-order valence-electron chi connectivity index (χ1n) is 12.3. The Morgan fingerprint density at radius 3 is 1.91 bits per heavy atom. The van der Waals surface area contributed by atoms with Crippen molar-refractivity contribution in [3.8, 4) is 0 Å². The van der Waals surface area contributed by atoms with Gasteiger partial charge in [0.05, 0.1) is 6.61 Å². The standard InChI is InChI=1S/C24H44BrFO6/c1-5-9-13-28-18-19-21(29-14-10-6-2)22(30-15-11-7-3)23(31-16-12-8-4)24(27,32-19)20(26)17-25/h17,19,21-23,27H,5-16,18H2,1-4H3/b20-17-/t19-,21-,22+,23+,24?/m1/s1. The number of unbranched alkanes of at least 4 members (excludes halogenated alkanes) is 4. The molecule has 0 bridgehead atoms. The summed E-state index contributed by atoms with van der Waals surface area (Å²) in [6.07, 6.45) is 4.23. The Morgan fingerprint density at radius 1 is 0.875 bits per heavy atom. The molecule has 1 heterocycles. The molecule has 1 rings (SSSR count). The van der Waals surface area contributed by atoms with Crippen LogP contribution in [0, 0.1) is 0 Å². The fourth-order valence-corrected chi connectivity index (χ4v) is 3.82. The quantitative estimate of drug-likeness (QED) is 0.232. The lowest BCUT2D eigenvalue weighted by Gasteiger charge is -2.49. The molecule has 6 nitrogen and oxygen atoms in total. The smallest absolute Gasteiger partial charge is 0.250 e. The van der Waals surface area contributed by atoms with Crippen molar-refractivity contribution < 1.29 is 33.2 Å². The van der Waals surface area contributed by atoms with E-state index in [0.29, 0.717) is 26.4 Å². The van der Waals surface area contributed by atoms with Crippen molar-refractivity contribution >= 4 is 15.9 Å². The SMILES string of the molecule is CCCCOC[C@H]1OC(O)(/C(F)=C/Br)[C@@H](OCCCC)[C@@H](OCCCC)[C@@H]1OCCCC. The highest BCUT2D eigenvalue weighted by atomic mass is 79.9. The van der Waals surface area contributed by atoms with Gasteiger partial charge in [0.2, 0.25) is 5.79 Å². The highest BCUT2D eigenvalue weighted by Gasteiger charge is 2.58. The van der Waals surface area contributed by atoms with E-state index >= 15 is 0 Å². The number of hydrogen-bond acceptors (Lipinski definition) is 6. The van der Waals surface area contributed by atoms with Crippen LogP contribution in [0.5, 0.6) is 0 Å². The number of hydrogen-bond donors (Lipinski definition) is 1. The Bertz CT molecular complexity index is 509. The summed E-state index contributed by atoms with van der Waals surface area (Å²) in [5, 5.41) is 11.4. The number of aliphatic hydroxyl groups is 1. The molecule has 0 radical (unpaired) electrons. The lowest BCUT2D eigenvalue weighted by atomic mass is 9.91. The minimum Gasteiger partial charge on any atom is -0.379 e. The molecule has 5 atom stereocenters. The normalized spacial score (nSPS) is 28.9. The van der Waals surface area contributed by atoms with Gasteiger partial charge in [-0.1, -0.05) is 69.3 Å². The molecule has 0 aromatic rings. The van der Waals surface area contributed by atoms with Gasteiger partial charge < -0.3 is 28.8 Å². The average molecular weight is 528 g/mol. The highest BCUT2D eigenvalue weighted by Crippen LogP contribution is 2.39. The maximum absolute atomic E-state index is 15.0. The highest BCUT2D eigenvalue weighted by molar-refractivity contribution is 9.11. The van der Waals surface area contributed by atoms with E-state index in [1.54, 1.807) is 0 Å². The molecule has 1 unspecified atom stereocenters. The first-order chi connectivity index (χ1) is 15.5. The molecule has 8 heteroatoms. The monoisotopic (exact) mass is 526 g/mol. The fraction of sp³-hybridized carbons (Fsp3) is 0.917. The molecule has 1 aliphatic rings. The van der Waals surface area contributed by atoms with Crippen LogP contribution in [-0.4, -0.2) is 68.3 Å². The minimum absolute atomic E-state index is 0.171. The van der Waals surface area contributed by atoms with Gasteiger partial charge in [-0.05, 0) is 25.7 Å². The molecule has 0 aromatic carbocycles. The van der Waals surface area contributed by atoms with E-state index in [2.05, 4.69) is 36.7 Å². The Hall–Kier alpha value is -0.0900. The van der Waals surface area contributed by atoms with Gasteiger partial charge in [0.25, 0.3) is 0 Å². The van der Waals surface area contributed by atoms with E-state index in [0.717, 1.165) is 56.4 Å². The molecule has 1 fully saturated rings. The second kappa shape index (κ2) is 17.4. The topological polar surface area (TPSA) is 66.4 Å². The molecule has 1 saturated heterocycles. The van der Waals surface area contributed by atoms with Gasteiger partial charge in [-0.15, -0.1) is 0 Å². The van der Waals surface area contributed by atoms with E-state index in [-0.39, 0.29) is 6.61 Å². The van der Waals surface area contributed by atoms with Gasteiger partial charge >= 0.3 is 0 Å². The third-order valence-electron chi connectivity index (χ3n) is 5.48. The molecule has 0 spiro atoms. The van der Waals surface area contributed by atoms with Crippen molar-refractivity contribution in [3.63, 3.8) is 0 Å². The number of ether oxygens (including phenoxy) is 5. The number of rotatable bonds is 18. The zero-order valence-electron chi connectivity index (χ0n) is 20.3. The van der Waals surface area contributed by atoms with Gasteiger partial charge in [-0.3, -0.25) is 0 Å². The molecule has 32 heavy (non-hydrogen) atoms. The largest absolute Gasteiger partial charge is 0.379 e. The molecule has 190 valence electrons. The van der Waals surface area contributed by atoms with Crippen LogP contribution in [0.25, 0.3) is 0 Å². The lowest BCUT2D eigenvalue weighted by molar-refractivity contribution is -0.356. The van der Waals surface area contributed by atoms with E-state index in [4.69, 9.17) is 23.7 Å². The number of halogens is 2. The summed E-state index contributed by atoms with van der Waals surface area (Å²) >= 11 is 3.00. The third-order valence-corrected chi connectivity index (χ3v) is 5.88. The molecule has 0 amide bonds. The van der Waals surface area contributed by atoms with E-state index in [9.17, 15) is 9.50 Å². The van der Waals surface area contributed by atoms with E-state index in [1.807, 2.05) is 6.92 Å². The molecule has 1 aliphatic heterocycles. The molecule has 1 N–H and O–H groups in total. The Labute approximate surface area is 202 Å². The maximum Gasteiger partial charge on any atom is 0.250 e. The predicted molar refractivity (Wildman–Crippen MR) is 128 cm³/mol. The van der Waals surface area contributed by atoms with Crippen LogP contribution in [0.2, 0.25) is 0 Å². The van der Waals surface area contributed by atoms with Crippen LogP contribution in [-0.2, 0) is 23.7 Å². The molecular formula is C24H44BrFO6. The van der Waals surface area contributed by atoms with Crippen LogP contribution in [0.3, 0.4) is 0 Å². The Morgan fingerprint density at radius 2 is 1.38 bits per heavy atom. The van der Waals surface area contributed by atoms with Crippen molar-refractivity contribution in [3.05, 3.63) is 10.8 Å². The van der Waals surface area contributed by atoms with Gasteiger partial charge in [0.1, 0.15) is 24.4 Å². The third kappa shape index (κ3) is 9.28. The van der Waals surface area contributed by atoms with Crippen LogP contribution < -0.4 is 0 Å². The van der Waals surface area contributed by atoms with Crippen molar-refractivity contribution in [2.75, 3.05) is 33.0 Å². The molecule has 0 aromatic heterocycles. The van der Waals surface area contributed by atoms with Gasteiger partial charge in [0, 0.05) is 31.4 Å². The average Bonchev–Trinajstić information content (AvgIpc) is 2.79. The van der Waals surface area contributed by atoms with Crippen molar-refractivity contribution in [1.82, 2.24) is 0 Å². The van der Waals surface area contributed by atoms with Crippen LogP contribution in [0.1, 0.15) is 79.1 Å². The van der Waals surface area contributed by atoms with Gasteiger partial charge in [0.15, 0.2) is 5.83 Å². The van der Waals surface area contributed by atoms with Crippen molar-refractivity contribution in [2.24, 2.45) is 0 Å². The summed E-state index contributed by atoms with van der Waals surface area (Å²) in [6.45, 7) is 10.4. The van der Waals surface area contributed by atoms with Crippen LogP contribution in [0.4, 0.5) is 4.39 Å². The molecule has 0 saturated carbocycles. The van der Waals surface area contributed by atoms with Crippen molar-refractivity contribution in [2.45, 2.75) is 109 Å². The van der Waals surface area contributed by atoms with Gasteiger partial charge in [-0.2, -0.15) is 0 Å². The van der Waals surface area contributed by atoms with Crippen molar-refractivity contribution in [1.29, 1.82) is 0 Å². The second-order valence-corrected chi connectivity index (χ2v) is 8.72. The zero-order chi connectivity index (χ0) is 23.8. The summed E-state index contributed by atoms with van der Waals surface area (Å²) in [7, 11) is 0. The first-order valence-corrected chi connectivity index (χ1v) is 13.2. The summed E-state index contributed by atoms with van der Waals surface area (Å²) in [6, 6.07) is 0. The van der Waals surface area contributed by atoms with Gasteiger partial charge in [-0.25, -0.2) is 4.39 Å². The fourth-order valence-electron chi connectivity index (χ4n) is 3.49. The predicted octanol–water partition coefficient (Wildman–Crippen LogP) is 5.65. The first kappa shape index (κ1) is 29.9. The molecule has 0 aliphatic carbocycles. The van der Waals surface area contributed by atoms with E-state index < -0.39 is 36.0 Å². The van der Waals surface area contributed by atoms with Crippen LogP contribution in [0.15, 0.2) is 10.8 Å². The summed E-state index contributed by atoms with van der Waals surface area (Å²) < 4.78 is 45.2. The zero-order valence-corrected chi connectivity index (χ0v) is 21.9. The van der Waals surface area contributed by atoms with E-state index in [1.165, 1.54) is 0 Å². The summed E-state index contributed by atoms with van der Waals surface area (Å²) in [4.78, 5) is 1.03. The minimum atomic E-state index is -2.29. The Kier molecular flexibility index (Phi) is 16.2. The summed E-state index contributed by atoms with van der Waals surface area (Å²) in [5.41, 5.74) is 0. The molecular weight excluding hydrogens is 483 g/mol.